The number of carbonyl (C=O) groups excluding carboxylic acids is 2. The Balaban J connectivity index is 1.83. The number of carbonyl (C=O) groups is 2. The van der Waals surface area contributed by atoms with Gasteiger partial charge in [0.25, 0.3) is 5.91 Å². The minimum Gasteiger partial charge on any atom is -0.483 e. The number of aryl methyl sites for hydroxylation is 3. The molecule has 0 aliphatic heterocycles. The molecule has 0 aliphatic rings. The third-order valence-electron chi connectivity index (χ3n) is 4.48. The second-order valence-corrected chi connectivity index (χ2v) is 7.93. The molecule has 0 radical (unpaired) electrons. The Kier molecular flexibility index (Phi) is 6.34. The molecule has 5 nitrogen and oxygen atoms in total. The monoisotopic (exact) mass is 409 g/mol. The number of methoxy groups -OCH3 is 1. The van der Waals surface area contributed by atoms with Crippen molar-refractivity contribution in [2.24, 2.45) is 0 Å². The summed E-state index contributed by atoms with van der Waals surface area (Å²) >= 11 is 1.35. The highest BCUT2D eigenvalue weighted by Gasteiger charge is 2.25. The molecular formula is C23H23NO4S. The van der Waals surface area contributed by atoms with Gasteiger partial charge >= 0.3 is 5.97 Å². The van der Waals surface area contributed by atoms with E-state index in [0.29, 0.717) is 16.3 Å². The molecule has 0 bridgehead atoms. The Morgan fingerprint density at radius 1 is 1.03 bits per heavy atom. The van der Waals surface area contributed by atoms with Crippen LogP contribution < -0.4 is 10.1 Å². The number of nitrogens with one attached hydrogen (secondary N) is 1. The molecule has 1 heterocycles. The van der Waals surface area contributed by atoms with E-state index in [2.05, 4.69) is 5.32 Å². The highest BCUT2D eigenvalue weighted by Crippen LogP contribution is 2.40. The SMILES string of the molecule is COC(=O)c1c(NC(=O)COc2ccc(C)cc2C)sc(C)c1-c1ccccc1. The highest BCUT2D eigenvalue weighted by molar-refractivity contribution is 7.17. The summed E-state index contributed by atoms with van der Waals surface area (Å²) in [5, 5.41) is 3.27. The average Bonchev–Trinajstić information content (AvgIpc) is 3.02. The first kappa shape index (κ1) is 20.6. The summed E-state index contributed by atoms with van der Waals surface area (Å²) < 4.78 is 10.6. The van der Waals surface area contributed by atoms with E-state index in [1.54, 1.807) is 0 Å². The van der Waals surface area contributed by atoms with Crippen molar-refractivity contribution in [1.82, 2.24) is 0 Å². The van der Waals surface area contributed by atoms with Gasteiger partial charge in [0.2, 0.25) is 0 Å². The Morgan fingerprint density at radius 2 is 1.76 bits per heavy atom. The fourth-order valence-corrected chi connectivity index (χ4v) is 4.23. The Hall–Kier alpha value is -3.12. The van der Waals surface area contributed by atoms with E-state index in [1.807, 2.05) is 69.3 Å². The molecule has 1 amide bonds. The van der Waals surface area contributed by atoms with Gasteiger partial charge in [-0.05, 0) is 38.0 Å². The van der Waals surface area contributed by atoms with E-state index in [1.165, 1.54) is 18.4 Å². The van der Waals surface area contributed by atoms with Crippen LogP contribution in [0.25, 0.3) is 11.1 Å². The van der Waals surface area contributed by atoms with Gasteiger partial charge in [0.1, 0.15) is 16.3 Å². The van der Waals surface area contributed by atoms with Crippen LogP contribution in [0.1, 0.15) is 26.4 Å². The van der Waals surface area contributed by atoms with Crippen molar-refractivity contribution >= 4 is 28.2 Å². The number of ether oxygens (including phenoxy) is 2. The van der Waals surface area contributed by atoms with Gasteiger partial charge in [-0.1, -0.05) is 48.0 Å². The molecule has 150 valence electrons. The first-order chi connectivity index (χ1) is 13.9. The normalized spacial score (nSPS) is 10.5. The van der Waals surface area contributed by atoms with Gasteiger partial charge in [0.05, 0.1) is 7.11 Å². The molecule has 2 aromatic carbocycles. The summed E-state index contributed by atoms with van der Waals surface area (Å²) in [6, 6.07) is 15.4. The molecule has 1 N–H and O–H groups in total. The smallest absolute Gasteiger partial charge is 0.341 e. The number of rotatable bonds is 6. The molecule has 0 atom stereocenters. The number of hydrogen-bond acceptors (Lipinski definition) is 5. The lowest BCUT2D eigenvalue weighted by molar-refractivity contribution is -0.118. The summed E-state index contributed by atoms with van der Waals surface area (Å²) in [4.78, 5) is 25.9. The minimum absolute atomic E-state index is 0.151. The maximum Gasteiger partial charge on any atom is 0.341 e. The van der Waals surface area contributed by atoms with Crippen molar-refractivity contribution < 1.29 is 19.1 Å². The minimum atomic E-state index is -0.487. The first-order valence-electron chi connectivity index (χ1n) is 9.17. The maximum atomic E-state index is 12.5. The first-order valence-corrected chi connectivity index (χ1v) is 9.99. The van der Waals surface area contributed by atoms with E-state index in [0.717, 1.165) is 27.1 Å². The molecule has 3 aromatic rings. The van der Waals surface area contributed by atoms with Gasteiger partial charge in [-0.3, -0.25) is 4.79 Å². The average molecular weight is 410 g/mol. The molecule has 0 unspecified atom stereocenters. The quantitative estimate of drug-likeness (QED) is 0.572. The third-order valence-corrected chi connectivity index (χ3v) is 5.50. The molecule has 0 fully saturated rings. The lowest BCUT2D eigenvalue weighted by atomic mass is 10.0. The maximum absolute atomic E-state index is 12.5. The number of amides is 1. The predicted molar refractivity (Wildman–Crippen MR) is 116 cm³/mol. The number of anilines is 1. The molecular weight excluding hydrogens is 386 g/mol. The van der Waals surface area contributed by atoms with E-state index in [9.17, 15) is 9.59 Å². The molecule has 29 heavy (non-hydrogen) atoms. The molecule has 0 saturated carbocycles. The second-order valence-electron chi connectivity index (χ2n) is 6.70. The fourth-order valence-electron chi connectivity index (χ4n) is 3.15. The number of benzene rings is 2. The molecule has 1 aromatic heterocycles. The van der Waals surface area contributed by atoms with Crippen molar-refractivity contribution in [1.29, 1.82) is 0 Å². The van der Waals surface area contributed by atoms with Crippen LogP contribution in [0.15, 0.2) is 48.5 Å². The summed E-state index contributed by atoms with van der Waals surface area (Å²) in [5.74, 6) is -0.166. The Bertz CT molecular complexity index is 1040. The standard InChI is InChI=1S/C23H23NO4S/c1-14-10-11-18(15(2)12-14)28-13-19(25)24-22-21(23(26)27-4)20(16(3)29-22)17-8-6-5-7-9-17/h5-12H,13H2,1-4H3,(H,24,25). The van der Waals surface area contributed by atoms with Crippen LogP contribution in [0.4, 0.5) is 5.00 Å². The van der Waals surface area contributed by atoms with E-state index in [4.69, 9.17) is 9.47 Å². The van der Waals surface area contributed by atoms with Crippen LogP contribution in [0, 0.1) is 20.8 Å². The lowest BCUT2D eigenvalue weighted by Gasteiger charge is -2.11. The molecule has 6 heteroatoms. The van der Waals surface area contributed by atoms with Gasteiger partial charge in [-0.2, -0.15) is 0 Å². The zero-order valence-electron chi connectivity index (χ0n) is 16.9. The van der Waals surface area contributed by atoms with Gasteiger partial charge < -0.3 is 14.8 Å². The number of esters is 1. The molecule has 0 aliphatic carbocycles. The van der Waals surface area contributed by atoms with Gasteiger partial charge in [0.15, 0.2) is 6.61 Å². The van der Waals surface area contributed by atoms with Crippen molar-refractivity contribution in [3.63, 3.8) is 0 Å². The highest BCUT2D eigenvalue weighted by atomic mass is 32.1. The van der Waals surface area contributed by atoms with Crippen LogP contribution in [0.3, 0.4) is 0 Å². The van der Waals surface area contributed by atoms with E-state index >= 15 is 0 Å². The number of hydrogen-bond donors (Lipinski definition) is 1. The number of thiophene rings is 1. The van der Waals surface area contributed by atoms with Crippen LogP contribution in [0.2, 0.25) is 0 Å². The van der Waals surface area contributed by atoms with Crippen LogP contribution in [-0.2, 0) is 9.53 Å². The summed E-state index contributed by atoms with van der Waals surface area (Å²) in [5.41, 5.74) is 4.12. The van der Waals surface area contributed by atoms with Gasteiger partial charge in [-0.15, -0.1) is 11.3 Å². The van der Waals surface area contributed by atoms with Crippen LogP contribution in [0.5, 0.6) is 5.75 Å². The molecule has 0 spiro atoms. The molecule has 3 rings (SSSR count). The lowest BCUT2D eigenvalue weighted by Crippen LogP contribution is -2.21. The topological polar surface area (TPSA) is 64.6 Å². The van der Waals surface area contributed by atoms with E-state index < -0.39 is 5.97 Å². The second kappa shape index (κ2) is 8.92. The van der Waals surface area contributed by atoms with Crippen molar-refractivity contribution in [2.75, 3.05) is 19.0 Å². The zero-order chi connectivity index (χ0) is 21.0. The predicted octanol–water partition coefficient (Wildman–Crippen LogP) is 5.14. The summed E-state index contributed by atoms with van der Waals surface area (Å²) in [6.07, 6.45) is 0. The van der Waals surface area contributed by atoms with Crippen molar-refractivity contribution in [3.05, 3.63) is 70.1 Å². The fraction of sp³-hybridized carbons (Fsp3) is 0.217. The van der Waals surface area contributed by atoms with Crippen LogP contribution >= 0.6 is 11.3 Å². The Morgan fingerprint density at radius 3 is 2.41 bits per heavy atom. The van der Waals surface area contributed by atoms with Gasteiger partial charge in [0, 0.05) is 10.4 Å². The van der Waals surface area contributed by atoms with Crippen LogP contribution in [-0.4, -0.2) is 25.6 Å². The van der Waals surface area contributed by atoms with Crippen molar-refractivity contribution in [3.8, 4) is 16.9 Å². The van der Waals surface area contributed by atoms with E-state index in [-0.39, 0.29) is 12.5 Å². The summed E-state index contributed by atoms with van der Waals surface area (Å²) in [7, 11) is 1.33. The Labute approximate surface area is 174 Å². The third kappa shape index (κ3) is 4.66. The molecule has 0 saturated heterocycles. The zero-order valence-corrected chi connectivity index (χ0v) is 17.7. The van der Waals surface area contributed by atoms with Crippen molar-refractivity contribution in [2.45, 2.75) is 20.8 Å². The van der Waals surface area contributed by atoms with Gasteiger partial charge in [-0.25, -0.2) is 4.79 Å². The largest absolute Gasteiger partial charge is 0.483 e. The summed E-state index contributed by atoms with van der Waals surface area (Å²) in [6.45, 7) is 5.70.